The first-order valence-electron chi connectivity index (χ1n) is 3.81. The first kappa shape index (κ1) is 9.66. The molecule has 0 aliphatic rings. The van der Waals surface area contributed by atoms with Gasteiger partial charge in [0.2, 0.25) is 0 Å². The second-order valence-corrected chi connectivity index (χ2v) is 2.63. The molecule has 0 fully saturated rings. The Bertz CT molecular complexity index is 93.4. The van der Waals surface area contributed by atoms with Gasteiger partial charge in [-0.2, -0.15) is 0 Å². The zero-order valence-electron chi connectivity index (χ0n) is 6.98. The van der Waals surface area contributed by atoms with Crippen molar-refractivity contribution in [1.29, 1.82) is 0 Å². The van der Waals surface area contributed by atoms with Gasteiger partial charge in [0.15, 0.2) is 0 Å². The lowest BCUT2D eigenvalue weighted by Gasteiger charge is -1.98. The van der Waals surface area contributed by atoms with Gasteiger partial charge in [0.1, 0.15) is 0 Å². The van der Waals surface area contributed by atoms with Gasteiger partial charge in [-0.3, -0.25) is 0 Å². The van der Waals surface area contributed by atoms with Crippen LogP contribution in [0.1, 0.15) is 20.3 Å². The van der Waals surface area contributed by atoms with Crippen molar-refractivity contribution in [2.75, 3.05) is 19.6 Å². The monoisotopic (exact) mass is 142 g/mol. The maximum absolute atomic E-state index is 5.32. The Labute approximate surface area is 63.5 Å². The van der Waals surface area contributed by atoms with Gasteiger partial charge >= 0.3 is 0 Å². The largest absolute Gasteiger partial charge is 0.330 e. The van der Waals surface area contributed by atoms with E-state index in [1.54, 1.807) is 0 Å². The normalized spacial score (nSPS) is 9.50. The summed E-state index contributed by atoms with van der Waals surface area (Å²) in [7, 11) is 0. The second-order valence-electron chi connectivity index (χ2n) is 2.63. The van der Waals surface area contributed by atoms with Gasteiger partial charge in [-0.15, -0.1) is 0 Å². The Balaban J connectivity index is 2.98. The van der Waals surface area contributed by atoms with Crippen molar-refractivity contribution in [3.05, 3.63) is 11.6 Å². The number of rotatable bonds is 5. The van der Waals surface area contributed by atoms with Crippen LogP contribution in [-0.4, -0.2) is 19.6 Å². The minimum Gasteiger partial charge on any atom is -0.330 e. The molecule has 0 aromatic heterocycles. The lowest BCUT2D eigenvalue weighted by molar-refractivity contribution is 0.698. The molecule has 0 radical (unpaired) electrons. The summed E-state index contributed by atoms with van der Waals surface area (Å²) in [6.07, 6.45) is 3.24. The molecule has 0 atom stereocenters. The molecule has 60 valence electrons. The number of allylic oxidation sites excluding steroid dienone is 1. The summed E-state index contributed by atoms with van der Waals surface area (Å²) in [6, 6.07) is 0. The molecule has 3 N–H and O–H groups in total. The van der Waals surface area contributed by atoms with Crippen LogP contribution >= 0.6 is 0 Å². The second kappa shape index (κ2) is 6.78. The van der Waals surface area contributed by atoms with Crippen molar-refractivity contribution >= 4 is 0 Å². The molecule has 0 aromatic carbocycles. The molecule has 0 saturated carbocycles. The Morgan fingerprint density at radius 3 is 2.70 bits per heavy atom. The fourth-order valence-corrected chi connectivity index (χ4v) is 0.605. The quantitative estimate of drug-likeness (QED) is 0.442. The third-order valence-electron chi connectivity index (χ3n) is 1.21. The van der Waals surface area contributed by atoms with E-state index in [4.69, 9.17) is 5.73 Å². The van der Waals surface area contributed by atoms with Crippen LogP contribution in [0.25, 0.3) is 0 Å². The fraction of sp³-hybridized carbons (Fsp3) is 0.750. The predicted octanol–water partition coefficient (Wildman–Crippen LogP) is 0.891. The molecule has 0 unspecified atom stereocenters. The summed E-state index contributed by atoms with van der Waals surface area (Å²) in [5, 5.41) is 3.26. The molecule has 2 heteroatoms. The summed E-state index contributed by atoms with van der Waals surface area (Å²) >= 11 is 0. The molecule has 10 heavy (non-hydrogen) atoms. The maximum Gasteiger partial charge on any atom is 0.0137 e. The van der Waals surface area contributed by atoms with E-state index in [1.165, 1.54) is 5.57 Å². The molecule has 0 saturated heterocycles. The Morgan fingerprint density at radius 1 is 1.50 bits per heavy atom. The minimum atomic E-state index is 0.780. The van der Waals surface area contributed by atoms with Gasteiger partial charge in [-0.05, 0) is 33.4 Å². The van der Waals surface area contributed by atoms with Crippen molar-refractivity contribution in [2.45, 2.75) is 20.3 Å². The number of nitrogens with two attached hydrogens (primary N) is 1. The van der Waals surface area contributed by atoms with Gasteiger partial charge < -0.3 is 11.1 Å². The summed E-state index contributed by atoms with van der Waals surface area (Å²) in [6.45, 7) is 6.99. The van der Waals surface area contributed by atoms with Crippen LogP contribution in [0, 0.1) is 0 Å². The first-order valence-corrected chi connectivity index (χ1v) is 3.81. The average molecular weight is 142 g/mol. The highest BCUT2D eigenvalue weighted by molar-refractivity contribution is 4.94. The van der Waals surface area contributed by atoms with Gasteiger partial charge in [0, 0.05) is 6.54 Å². The lowest BCUT2D eigenvalue weighted by atomic mass is 10.3. The summed E-state index contributed by atoms with van der Waals surface area (Å²) in [5.41, 5.74) is 6.68. The molecule has 0 aliphatic carbocycles. The van der Waals surface area contributed by atoms with Gasteiger partial charge in [-0.25, -0.2) is 0 Å². The SMILES string of the molecule is CC(C)=CCNCCCN. The van der Waals surface area contributed by atoms with Crippen molar-refractivity contribution in [3.8, 4) is 0 Å². The molecule has 0 aliphatic heterocycles. The van der Waals surface area contributed by atoms with Crippen LogP contribution in [0.3, 0.4) is 0 Å². The molecule has 0 amide bonds. The van der Waals surface area contributed by atoms with Crippen LogP contribution in [0.15, 0.2) is 11.6 Å². The fourth-order valence-electron chi connectivity index (χ4n) is 0.605. The van der Waals surface area contributed by atoms with E-state index in [9.17, 15) is 0 Å². The van der Waals surface area contributed by atoms with Crippen LogP contribution in [0.4, 0.5) is 0 Å². The highest BCUT2D eigenvalue weighted by Crippen LogP contribution is 1.84. The number of nitrogens with one attached hydrogen (secondary N) is 1. The van der Waals surface area contributed by atoms with Crippen LogP contribution in [-0.2, 0) is 0 Å². The van der Waals surface area contributed by atoms with Crippen LogP contribution in [0.5, 0.6) is 0 Å². The molecule has 0 aromatic rings. The van der Waals surface area contributed by atoms with Crippen LogP contribution < -0.4 is 11.1 Å². The minimum absolute atomic E-state index is 0.780. The Kier molecular flexibility index (Phi) is 6.55. The smallest absolute Gasteiger partial charge is 0.0137 e. The van der Waals surface area contributed by atoms with E-state index in [-0.39, 0.29) is 0 Å². The summed E-state index contributed by atoms with van der Waals surface area (Å²) < 4.78 is 0. The lowest BCUT2D eigenvalue weighted by Crippen LogP contribution is -2.18. The topological polar surface area (TPSA) is 38.0 Å². The standard InChI is InChI=1S/C8H18N2/c1-8(2)4-7-10-6-3-5-9/h4,10H,3,5-7,9H2,1-2H3. The maximum atomic E-state index is 5.32. The molecule has 2 nitrogen and oxygen atoms in total. The Hall–Kier alpha value is -0.340. The number of hydrogen-bond donors (Lipinski definition) is 2. The molecular weight excluding hydrogens is 124 g/mol. The van der Waals surface area contributed by atoms with E-state index in [2.05, 4.69) is 25.2 Å². The zero-order chi connectivity index (χ0) is 7.82. The van der Waals surface area contributed by atoms with Crippen molar-refractivity contribution < 1.29 is 0 Å². The van der Waals surface area contributed by atoms with Gasteiger partial charge in [-0.1, -0.05) is 11.6 Å². The van der Waals surface area contributed by atoms with Crippen molar-refractivity contribution in [3.63, 3.8) is 0 Å². The third-order valence-corrected chi connectivity index (χ3v) is 1.21. The molecule has 0 heterocycles. The predicted molar refractivity (Wildman–Crippen MR) is 46.0 cm³/mol. The van der Waals surface area contributed by atoms with Gasteiger partial charge in [0.25, 0.3) is 0 Å². The highest BCUT2D eigenvalue weighted by atomic mass is 14.8. The first-order chi connectivity index (χ1) is 4.77. The van der Waals surface area contributed by atoms with E-state index in [0.717, 1.165) is 26.1 Å². The summed E-state index contributed by atoms with van der Waals surface area (Å²) in [5.74, 6) is 0. The molecule has 0 spiro atoms. The van der Waals surface area contributed by atoms with E-state index in [1.807, 2.05) is 0 Å². The van der Waals surface area contributed by atoms with Gasteiger partial charge in [0.05, 0.1) is 0 Å². The van der Waals surface area contributed by atoms with E-state index in [0.29, 0.717) is 0 Å². The number of hydrogen-bond acceptors (Lipinski definition) is 2. The van der Waals surface area contributed by atoms with E-state index >= 15 is 0 Å². The van der Waals surface area contributed by atoms with Crippen molar-refractivity contribution in [2.24, 2.45) is 5.73 Å². The molecule has 0 rings (SSSR count). The van der Waals surface area contributed by atoms with Crippen molar-refractivity contribution in [1.82, 2.24) is 5.32 Å². The van der Waals surface area contributed by atoms with E-state index < -0.39 is 0 Å². The average Bonchev–Trinajstić information content (AvgIpc) is 1.87. The highest BCUT2D eigenvalue weighted by Gasteiger charge is 1.81. The Morgan fingerprint density at radius 2 is 2.20 bits per heavy atom. The molecular formula is C8H18N2. The van der Waals surface area contributed by atoms with Crippen LogP contribution in [0.2, 0.25) is 0 Å². The zero-order valence-corrected chi connectivity index (χ0v) is 6.98. The summed E-state index contributed by atoms with van der Waals surface area (Å²) in [4.78, 5) is 0. The molecule has 0 bridgehead atoms. The third kappa shape index (κ3) is 7.66.